The summed E-state index contributed by atoms with van der Waals surface area (Å²) in [6.07, 6.45) is 2.67. The van der Waals surface area contributed by atoms with Crippen LogP contribution in [0.1, 0.15) is 51.7 Å². The van der Waals surface area contributed by atoms with Crippen molar-refractivity contribution in [1.29, 1.82) is 0 Å². The minimum Gasteiger partial charge on any atom is -0.384 e. The van der Waals surface area contributed by atoms with E-state index < -0.39 is 6.10 Å². The fraction of sp³-hybridized carbons (Fsp3) is 0.412. The standard InChI is InChI=1S/C17H24O/c1-5-6-12-16(14(4)13(2)3)17(18)15-10-8-7-9-11-15/h7-11,17-18H,2,5-6,12H2,1,3-4H3/b16-14+. The van der Waals surface area contributed by atoms with Gasteiger partial charge in [-0.1, -0.05) is 55.8 Å². The smallest absolute Gasteiger partial charge is 0.101 e. The zero-order valence-corrected chi connectivity index (χ0v) is 11.7. The molecule has 0 radical (unpaired) electrons. The largest absolute Gasteiger partial charge is 0.384 e. The summed E-state index contributed by atoms with van der Waals surface area (Å²) in [5, 5.41) is 10.5. The summed E-state index contributed by atoms with van der Waals surface area (Å²) in [4.78, 5) is 0. The zero-order valence-electron chi connectivity index (χ0n) is 11.7. The molecule has 0 aliphatic rings. The molecule has 0 amide bonds. The van der Waals surface area contributed by atoms with E-state index in [-0.39, 0.29) is 0 Å². The minimum absolute atomic E-state index is 0.505. The van der Waals surface area contributed by atoms with Crippen molar-refractivity contribution in [2.24, 2.45) is 0 Å². The Kier molecular flexibility index (Phi) is 5.87. The molecule has 0 aliphatic heterocycles. The van der Waals surface area contributed by atoms with Crippen molar-refractivity contribution in [3.63, 3.8) is 0 Å². The Morgan fingerprint density at radius 1 is 1.22 bits per heavy atom. The maximum Gasteiger partial charge on any atom is 0.101 e. The summed E-state index contributed by atoms with van der Waals surface area (Å²) < 4.78 is 0. The van der Waals surface area contributed by atoms with Crippen molar-refractivity contribution in [3.8, 4) is 0 Å². The van der Waals surface area contributed by atoms with Gasteiger partial charge in [0.2, 0.25) is 0 Å². The predicted molar refractivity (Wildman–Crippen MR) is 78.4 cm³/mol. The number of hydrogen-bond acceptors (Lipinski definition) is 1. The van der Waals surface area contributed by atoms with Crippen LogP contribution in [0.2, 0.25) is 0 Å². The highest BCUT2D eigenvalue weighted by molar-refractivity contribution is 5.36. The quantitative estimate of drug-likeness (QED) is 0.712. The number of rotatable bonds is 6. The molecule has 0 spiro atoms. The van der Waals surface area contributed by atoms with Gasteiger partial charge in [-0.15, -0.1) is 0 Å². The van der Waals surface area contributed by atoms with Gasteiger partial charge in [0.25, 0.3) is 0 Å². The van der Waals surface area contributed by atoms with E-state index in [0.29, 0.717) is 0 Å². The highest BCUT2D eigenvalue weighted by atomic mass is 16.3. The van der Waals surface area contributed by atoms with Crippen LogP contribution in [0.5, 0.6) is 0 Å². The Hall–Kier alpha value is -1.34. The van der Waals surface area contributed by atoms with E-state index in [4.69, 9.17) is 0 Å². The van der Waals surface area contributed by atoms with Crippen LogP contribution in [-0.4, -0.2) is 5.11 Å². The van der Waals surface area contributed by atoms with Crippen molar-refractivity contribution in [1.82, 2.24) is 0 Å². The number of hydrogen-bond donors (Lipinski definition) is 1. The fourth-order valence-electron chi connectivity index (χ4n) is 2.01. The van der Waals surface area contributed by atoms with Gasteiger partial charge in [0.05, 0.1) is 0 Å². The lowest BCUT2D eigenvalue weighted by Gasteiger charge is -2.19. The maximum absolute atomic E-state index is 10.5. The van der Waals surface area contributed by atoms with Gasteiger partial charge in [0.1, 0.15) is 6.10 Å². The van der Waals surface area contributed by atoms with Gasteiger partial charge < -0.3 is 5.11 Å². The summed E-state index contributed by atoms with van der Waals surface area (Å²) in [5.74, 6) is 0. The van der Waals surface area contributed by atoms with Crippen LogP contribution in [0.3, 0.4) is 0 Å². The van der Waals surface area contributed by atoms with Crippen LogP contribution in [-0.2, 0) is 0 Å². The van der Waals surface area contributed by atoms with Crippen molar-refractivity contribution in [2.45, 2.75) is 46.1 Å². The summed E-state index contributed by atoms with van der Waals surface area (Å²) in [7, 11) is 0. The van der Waals surface area contributed by atoms with Gasteiger partial charge >= 0.3 is 0 Å². The van der Waals surface area contributed by atoms with Gasteiger partial charge in [0, 0.05) is 0 Å². The molecule has 1 atom stereocenters. The molecule has 0 saturated heterocycles. The summed E-state index contributed by atoms with van der Waals surface area (Å²) >= 11 is 0. The number of aliphatic hydroxyl groups is 1. The maximum atomic E-state index is 10.5. The minimum atomic E-state index is -0.505. The first-order valence-electron chi connectivity index (χ1n) is 6.66. The van der Waals surface area contributed by atoms with Crippen LogP contribution in [0.15, 0.2) is 53.6 Å². The van der Waals surface area contributed by atoms with E-state index in [2.05, 4.69) is 20.4 Å². The van der Waals surface area contributed by atoms with E-state index in [0.717, 1.165) is 41.5 Å². The fourth-order valence-corrected chi connectivity index (χ4v) is 2.01. The molecule has 18 heavy (non-hydrogen) atoms. The number of allylic oxidation sites excluding steroid dienone is 2. The molecule has 0 aromatic heterocycles. The van der Waals surface area contributed by atoms with Crippen LogP contribution in [0, 0.1) is 0 Å². The van der Waals surface area contributed by atoms with Crippen molar-refractivity contribution < 1.29 is 5.11 Å². The Balaban J connectivity index is 3.04. The zero-order chi connectivity index (χ0) is 13.5. The number of unbranched alkanes of at least 4 members (excludes halogenated alkanes) is 1. The molecule has 0 fully saturated rings. The Bertz CT molecular complexity index is 414. The molecule has 1 heteroatoms. The van der Waals surface area contributed by atoms with Gasteiger partial charge in [-0.25, -0.2) is 0 Å². The first-order chi connectivity index (χ1) is 8.57. The predicted octanol–water partition coefficient (Wildman–Crippen LogP) is 4.80. The Labute approximate surface area is 111 Å². The summed E-state index contributed by atoms with van der Waals surface area (Å²) in [6, 6.07) is 9.85. The third-order valence-corrected chi connectivity index (χ3v) is 3.37. The Morgan fingerprint density at radius 2 is 1.83 bits per heavy atom. The second-order valence-corrected chi connectivity index (χ2v) is 4.85. The first-order valence-corrected chi connectivity index (χ1v) is 6.66. The van der Waals surface area contributed by atoms with E-state index in [1.165, 1.54) is 0 Å². The number of aliphatic hydroxyl groups excluding tert-OH is 1. The van der Waals surface area contributed by atoms with Gasteiger partial charge in [-0.2, -0.15) is 0 Å². The third-order valence-electron chi connectivity index (χ3n) is 3.37. The molecule has 1 unspecified atom stereocenters. The molecule has 1 N–H and O–H groups in total. The van der Waals surface area contributed by atoms with Gasteiger partial charge in [-0.3, -0.25) is 0 Å². The normalized spacial score (nSPS) is 14.0. The number of benzene rings is 1. The van der Waals surface area contributed by atoms with E-state index >= 15 is 0 Å². The summed E-state index contributed by atoms with van der Waals surface area (Å²) in [5.41, 5.74) is 4.25. The van der Waals surface area contributed by atoms with Crippen LogP contribution >= 0.6 is 0 Å². The second kappa shape index (κ2) is 7.17. The molecular formula is C17H24O. The molecule has 0 aliphatic carbocycles. The lowest BCUT2D eigenvalue weighted by molar-refractivity contribution is 0.209. The molecular weight excluding hydrogens is 220 g/mol. The van der Waals surface area contributed by atoms with E-state index in [9.17, 15) is 5.11 Å². The van der Waals surface area contributed by atoms with Crippen molar-refractivity contribution >= 4 is 0 Å². The molecule has 1 nitrogen and oxygen atoms in total. The SMILES string of the molecule is C=C(C)/C(C)=C(\CCCC)C(O)c1ccccc1. The average Bonchev–Trinajstić information content (AvgIpc) is 2.39. The monoisotopic (exact) mass is 244 g/mol. The third kappa shape index (κ3) is 3.85. The van der Waals surface area contributed by atoms with Crippen LogP contribution < -0.4 is 0 Å². The van der Waals surface area contributed by atoms with Crippen molar-refractivity contribution in [2.75, 3.05) is 0 Å². The first kappa shape index (κ1) is 14.7. The van der Waals surface area contributed by atoms with Crippen LogP contribution in [0.25, 0.3) is 0 Å². The highest BCUT2D eigenvalue weighted by Gasteiger charge is 2.15. The molecule has 0 heterocycles. The molecule has 1 aromatic carbocycles. The second-order valence-electron chi connectivity index (χ2n) is 4.85. The Morgan fingerprint density at radius 3 is 2.33 bits per heavy atom. The van der Waals surface area contributed by atoms with Crippen LogP contribution in [0.4, 0.5) is 0 Å². The highest BCUT2D eigenvalue weighted by Crippen LogP contribution is 2.30. The lowest BCUT2D eigenvalue weighted by atomic mass is 9.91. The topological polar surface area (TPSA) is 20.2 Å². The van der Waals surface area contributed by atoms with Gasteiger partial charge in [0.15, 0.2) is 0 Å². The molecule has 0 bridgehead atoms. The molecule has 1 rings (SSSR count). The average molecular weight is 244 g/mol. The molecule has 0 saturated carbocycles. The van der Waals surface area contributed by atoms with Crippen molar-refractivity contribution in [3.05, 3.63) is 59.2 Å². The van der Waals surface area contributed by atoms with Gasteiger partial charge in [-0.05, 0) is 43.4 Å². The molecule has 98 valence electrons. The lowest BCUT2D eigenvalue weighted by Crippen LogP contribution is -2.05. The summed E-state index contributed by atoms with van der Waals surface area (Å²) in [6.45, 7) is 10.2. The van der Waals surface area contributed by atoms with E-state index in [1.807, 2.05) is 37.3 Å². The van der Waals surface area contributed by atoms with E-state index in [1.54, 1.807) is 0 Å². The molecule has 1 aromatic rings.